The van der Waals surface area contributed by atoms with Crippen LogP contribution in [0.3, 0.4) is 0 Å². The van der Waals surface area contributed by atoms with Gasteiger partial charge in [0.1, 0.15) is 0 Å². The van der Waals surface area contributed by atoms with Gasteiger partial charge in [-0.1, -0.05) is 30.3 Å². The molecule has 1 heterocycles. The van der Waals surface area contributed by atoms with Crippen molar-refractivity contribution >= 4 is 0 Å². The van der Waals surface area contributed by atoms with Gasteiger partial charge < -0.3 is 0 Å². The fourth-order valence-corrected chi connectivity index (χ4v) is 1.55. The summed E-state index contributed by atoms with van der Waals surface area (Å²) >= 11 is 0. The van der Waals surface area contributed by atoms with Gasteiger partial charge in [-0.25, -0.2) is 0 Å². The molecule has 0 N–H and O–H groups in total. The van der Waals surface area contributed by atoms with Crippen molar-refractivity contribution in [3.8, 4) is 11.3 Å². The molecule has 0 aliphatic rings. The Morgan fingerprint density at radius 1 is 1.29 bits per heavy atom. The number of hydrogen-bond acceptors (Lipinski definition) is 1. The van der Waals surface area contributed by atoms with Crippen molar-refractivity contribution < 1.29 is 0 Å². The second-order valence-electron chi connectivity index (χ2n) is 3.20. The summed E-state index contributed by atoms with van der Waals surface area (Å²) in [5.74, 6) is 0. The third-order valence-electron chi connectivity index (χ3n) is 2.20. The first-order valence-electron chi connectivity index (χ1n) is 4.76. The van der Waals surface area contributed by atoms with Crippen LogP contribution in [0.15, 0.2) is 36.4 Å². The number of benzene rings is 1. The number of hydrogen-bond donors (Lipinski definition) is 0. The van der Waals surface area contributed by atoms with Crippen LogP contribution >= 0.6 is 0 Å². The van der Waals surface area contributed by atoms with Gasteiger partial charge in [-0.15, -0.1) is 0 Å². The summed E-state index contributed by atoms with van der Waals surface area (Å²) in [6, 6.07) is 12.3. The van der Waals surface area contributed by atoms with Gasteiger partial charge in [0.05, 0.1) is 11.4 Å². The van der Waals surface area contributed by atoms with E-state index in [1.807, 2.05) is 28.9 Å². The Balaban J connectivity index is 2.51. The van der Waals surface area contributed by atoms with Gasteiger partial charge in [0.15, 0.2) is 0 Å². The van der Waals surface area contributed by atoms with Gasteiger partial charge in [0.25, 0.3) is 0 Å². The van der Waals surface area contributed by atoms with Crippen LogP contribution in [0.1, 0.15) is 12.6 Å². The van der Waals surface area contributed by atoms with Gasteiger partial charge >= 0.3 is 0 Å². The van der Waals surface area contributed by atoms with Crippen LogP contribution in [0, 0.1) is 6.92 Å². The molecule has 2 nitrogen and oxygen atoms in total. The molecule has 0 atom stereocenters. The number of aryl methyl sites for hydroxylation is 1. The summed E-state index contributed by atoms with van der Waals surface area (Å²) in [6.45, 7) is 6.80. The molecule has 0 saturated heterocycles. The van der Waals surface area contributed by atoms with Gasteiger partial charge in [0, 0.05) is 6.54 Å². The molecule has 0 bridgehead atoms. The predicted octanol–water partition coefficient (Wildman–Crippen LogP) is 2.75. The highest BCUT2D eigenvalue weighted by Gasteiger charge is 2.04. The molecule has 0 unspecified atom stereocenters. The summed E-state index contributed by atoms with van der Waals surface area (Å²) in [5, 5.41) is 4.31. The second kappa shape index (κ2) is 3.66. The molecule has 1 radical (unpaired) electrons. The highest BCUT2D eigenvalue weighted by Crippen LogP contribution is 2.19. The zero-order valence-electron chi connectivity index (χ0n) is 8.27. The van der Waals surface area contributed by atoms with Crippen LogP contribution in [0.25, 0.3) is 11.3 Å². The lowest BCUT2D eigenvalue weighted by molar-refractivity contribution is 0.663. The molecule has 2 aromatic rings. The van der Waals surface area contributed by atoms with Crippen LogP contribution in [0.5, 0.6) is 0 Å². The first-order valence-corrected chi connectivity index (χ1v) is 4.76. The van der Waals surface area contributed by atoms with E-state index in [9.17, 15) is 0 Å². The minimum atomic E-state index is 0.825. The molecule has 2 heteroatoms. The van der Waals surface area contributed by atoms with Gasteiger partial charge in [-0.05, 0) is 25.5 Å². The topological polar surface area (TPSA) is 17.8 Å². The van der Waals surface area contributed by atoms with Crippen molar-refractivity contribution in [2.45, 2.75) is 13.5 Å². The number of nitrogens with zero attached hydrogens (tertiary/aromatic N) is 2. The van der Waals surface area contributed by atoms with E-state index in [0.717, 1.165) is 17.9 Å². The average molecular weight is 185 g/mol. The third kappa shape index (κ3) is 1.55. The summed E-state index contributed by atoms with van der Waals surface area (Å²) < 4.78 is 1.97. The van der Waals surface area contributed by atoms with Crippen LogP contribution in [0.4, 0.5) is 0 Å². The molecule has 0 fully saturated rings. The molecule has 0 amide bonds. The van der Waals surface area contributed by atoms with Crippen LogP contribution in [-0.2, 0) is 6.54 Å². The highest BCUT2D eigenvalue weighted by atomic mass is 15.3. The third-order valence-corrected chi connectivity index (χ3v) is 2.20. The van der Waals surface area contributed by atoms with E-state index >= 15 is 0 Å². The first kappa shape index (κ1) is 9.00. The summed E-state index contributed by atoms with van der Waals surface area (Å²) in [6.07, 6.45) is 0. The van der Waals surface area contributed by atoms with Crippen molar-refractivity contribution in [2.24, 2.45) is 0 Å². The predicted molar refractivity (Wildman–Crippen MR) is 57.8 cm³/mol. The minimum Gasteiger partial charge on any atom is -0.265 e. The van der Waals surface area contributed by atoms with Gasteiger partial charge in [-0.2, -0.15) is 5.10 Å². The maximum absolute atomic E-state index is 4.31. The second-order valence-corrected chi connectivity index (χ2v) is 3.20. The zero-order valence-corrected chi connectivity index (χ0v) is 8.27. The molecule has 0 aliphatic carbocycles. The quantitative estimate of drug-likeness (QED) is 0.703. The smallest absolute Gasteiger partial charge is 0.0684 e. The van der Waals surface area contributed by atoms with Crippen molar-refractivity contribution in [1.82, 2.24) is 9.78 Å². The first-order chi connectivity index (χ1) is 6.81. The van der Waals surface area contributed by atoms with E-state index in [-0.39, 0.29) is 0 Å². The molecule has 14 heavy (non-hydrogen) atoms. The maximum Gasteiger partial charge on any atom is 0.0684 e. The lowest BCUT2D eigenvalue weighted by Crippen LogP contribution is -1.98. The van der Waals surface area contributed by atoms with E-state index in [4.69, 9.17) is 0 Å². The highest BCUT2D eigenvalue weighted by molar-refractivity contribution is 5.59. The molecule has 0 spiro atoms. The molecule has 2 rings (SSSR count). The summed E-state index contributed by atoms with van der Waals surface area (Å²) in [7, 11) is 0. The Hall–Kier alpha value is -1.57. The SMILES string of the molecule is [CH2]c1cc(-c2ccccc2)n(CC)n1. The number of aromatic nitrogens is 2. The van der Waals surface area contributed by atoms with Gasteiger partial charge in [0.2, 0.25) is 0 Å². The average Bonchev–Trinajstić information content (AvgIpc) is 2.61. The maximum atomic E-state index is 4.31. The lowest BCUT2D eigenvalue weighted by atomic mass is 10.1. The van der Waals surface area contributed by atoms with E-state index in [0.29, 0.717) is 0 Å². The summed E-state index contributed by atoms with van der Waals surface area (Å²) in [4.78, 5) is 0. The normalized spacial score (nSPS) is 10.4. The van der Waals surface area contributed by atoms with Crippen molar-refractivity contribution in [2.75, 3.05) is 0 Å². The van der Waals surface area contributed by atoms with E-state index in [2.05, 4.69) is 31.1 Å². The van der Waals surface area contributed by atoms with Crippen LogP contribution in [0.2, 0.25) is 0 Å². The van der Waals surface area contributed by atoms with Gasteiger partial charge in [-0.3, -0.25) is 4.68 Å². The molecule has 1 aromatic heterocycles. The lowest BCUT2D eigenvalue weighted by Gasteiger charge is -2.03. The number of rotatable bonds is 2. The van der Waals surface area contributed by atoms with Crippen LogP contribution < -0.4 is 0 Å². The molecule has 1 aromatic carbocycles. The fraction of sp³-hybridized carbons (Fsp3) is 0.167. The fourth-order valence-electron chi connectivity index (χ4n) is 1.55. The Morgan fingerprint density at radius 3 is 2.64 bits per heavy atom. The minimum absolute atomic E-state index is 0.825. The Bertz CT molecular complexity index is 415. The van der Waals surface area contributed by atoms with E-state index < -0.39 is 0 Å². The Morgan fingerprint density at radius 2 is 2.00 bits per heavy atom. The van der Waals surface area contributed by atoms with Crippen molar-refractivity contribution in [3.05, 3.63) is 49.0 Å². The van der Waals surface area contributed by atoms with Crippen LogP contribution in [-0.4, -0.2) is 9.78 Å². The monoisotopic (exact) mass is 185 g/mol. The zero-order chi connectivity index (χ0) is 9.97. The largest absolute Gasteiger partial charge is 0.265 e. The molecule has 0 saturated carbocycles. The molecule has 71 valence electrons. The Kier molecular flexibility index (Phi) is 2.35. The molecular formula is C12H13N2. The van der Waals surface area contributed by atoms with Crippen molar-refractivity contribution in [3.63, 3.8) is 0 Å². The van der Waals surface area contributed by atoms with E-state index in [1.165, 1.54) is 5.56 Å². The van der Waals surface area contributed by atoms with Crippen molar-refractivity contribution in [1.29, 1.82) is 0 Å². The molecular weight excluding hydrogens is 172 g/mol. The molecule has 0 aliphatic heterocycles. The Labute approximate surface area is 84.2 Å². The summed E-state index contributed by atoms with van der Waals surface area (Å²) in [5.41, 5.74) is 3.15. The van der Waals surface area contributed by atoms with E-state index in [1.54, 1.807) is 0 Å². The standard InChI is InChI=1S/C12H13N2/c1-3-14-12(9-10(2)13-14)11-7-5-4-6-8-11/h4-9H,2-3H2,1H3.